The zero-order valence-corrected chi connectivity index (χ0v) is 15.4. The summed E-state index contributed by atoms with van der Waals surface area (Å²) in [7, 11) is -4.07. The van der Waals surface area contributed by atoms with E-state index in [0.29, 0.717) is 10.0 Å². The van der Waals surface area contributed by atoms with Gasteiger partial charge in [0.05, 0.1) is 10.7 Å². The molecule has 0 saturated carbocycles. The third kappa shape index (κ3) is 5.54. The maximum Gasteiger partial charge on any atom is 0.358 e. The molecule has 2 aromatic carbocycles. The highest BCUT2D eigenvalue weighted by Gasteiger charge is 2.15. The van der Waals surface area contributed by atoms with Crippen LogP contribution in [0.3, 0.4) is 0 Å². The molecule has 0 bridgehead atoms. The zero-order valence-electron chi connectivity index (χ0n) is 13.0. The van der Waals surface area contributed by atoms with Gasteiger partial charge in [-0.1, -0.05) is 23.8 Å². The number of hydrogen-bond donors (Lipinski definition) is 2. The van der Waals surface area contributed by atoms with E-state index in [-0.39, 0.29) is 10.9 Å². The molecule has 0 aromatic heterocycles. The zero-order chi connectivity index (χ0) is 18.4. The second kappa shape index (κ2) is 8.08. The van der Waals surface area contributed by atoms with Gasteiger partial charge in [0.25, 0.3) is 5.96 Å². The van der Waals surface area contributed by atoms with Gasteiger partial charge in [-0.3, -0.25) is 4.28 Å². The van der Waals surface area contributed by atoms with E-state index in [9.17, 15) is 12.8 Å². The van der Waals surface area contributed by atoms with Crippen LogP contribution in [0.2, 0.25) is 0 Å². The van der Waals surface area contributed by atoms with Crippen molar-refractivity contribution in [3.05, 3.63) is 63.9 Å². The Kier molecular flexibility index (Phi) is 6.10. The fourth-order valence-corrected chi connectivity index (χ4v) is 2.60. The quantitative estimate of drug-likeness (QED) is 0.432. The lowest BCUT2D eigenvalue weighted by Crippen LogP contribution is -2.28. The lowest BCUT2D eigenvalue weighted by Gasteiger charge is -2.03. The highest BCUT2D eigenvalue weighted by molar-refractivity contribution is 9.10. The fourth-order valence-electron chi connectivity index (χ4n) is 1.62. The third-order valence-corrected chi connectivity index (χ3v) is 4.64. The van der Waals surface area contributed by atoms with E-state index in [1.54, 1.807) is 18.2 Å². The number of halogens is 2. The predicted octanol–water partition coefficient (Wildman–Crippen LogP) is 2.46. The standard InChI is InChI=1S/C15H14BrFN4O3S/c1-10-2-5-12(6-3-10)25(22,23)24-21-15(18)20-19-9-11-4-7-13(16)14(17)8-11/h2-9H,1H3,(H3,18,20,21). The van der Waals surface area contributed by atoms with E-state index >= 15 is 0 Å². The Balaban J connectivity index is 1.98. The molecule has 132 valence electrons. The van der Waals surface area contributed by atoms with Gasteiger partial charge in [0.15, 0.2) is 0 Å². The largest absolute Gasteiger partial charge is 0.366 e. The summed E-state index contributed by atoms with van der Waals surface area (Å²) in [6.07, 6.45) is 1.28. The summed E-state index contributed by atoms with van der Waals surface area (Å²) in [6, 6.07) is 10.4. The Labute approximate surface area is 152 Å². The number of hydrazone groups is 1. The van der Waals surface area contributed by atoms with Crippen molar-refractivity contribution in [1.29, 1.82) is 0 Å². The average Bonchev–Trinajstić information content (AvgIpc) is 2.57. The summed E-state index contributed by atoms with van der Waals surface area (Å²) < 4.78 is 42.0. The normalized spacial score (nSPS) is 12.4. The lowest BCUT2D eigenvalue weighted by atomic mass is 10.2. The fraction of sp³-hybridized carbons (Fsp3) is 0.0667. The lowest BCUT2D eigenvalue weighted by molar-refractivity contribution is 0.336. The van der Waals surface area contributed by atoms with Crippen molar-refractivity contribution >= 4 is 38.2 Å². The van der Waals surface area contributed by atoms with Crippen molar-refractivity contribution in [3.63, 3.8) is 0 Å². The predicted molar refractivity (Wildman–Crippen MR) is 95.9 cm³/mol. The first-order chi connectivity index (χ1) is 11.8. The Bertz CT molecular complexity index is 915. The third-order valence-electron chi connectivity index (χ3n) is 2.88. The summed E-state index contributed by atoms with van der Waals surface area (Å²) >= 11 is 3.04. The van der Waals surface area contributed by atoms with Crippen molar-refractivity contribution in [2.75, 3.05) is 0 Å². The molecule has 2 aromatic rings. The average molecular weight is 429 g/mol. The summed E-state index contributed by atoms with van der Waals surface area (Å²) in [5.74, 6) is -0.831. The molecule has 0 atom stereocenters. The van der Waals surface area contributed by atoms with Crippen molar-refractivity contribution in [2.24, 2.45) is 16.0 Å². The van der Waals surface area contributed by atoms with Crippen LogP contribution in [0.25, 0.3) is 0 Å². The van der Waals surface area contributed by atoms with Crippen molar-refractivity contribution in [1.82, 2.24) is 5.43 Å². The van der Waals surface area contributed by atoms with E-state index < -0.39 is 15.9 Å². The second-order valence-electron chi connectivity index (χ2n) is 4.86. The second-order valence-corrected chi connectivity index (χ2v) is 7.24. The molecule has 0 aliphatic rings. The van der Waals surface area contributed by atoms with Gasteiger partial charge in [-0.2, -0.15) is 13.5 Å². The van der Waals surface area contributed by atoms with Gasteiger partial charge in [0.2, 0.25) is 0 Å². The van der Waals surface area contributed by atoms with Gasteiger partial charge >= 0.3 is 10.1 Å². The smallest absolute Gasteiger partial charge is 0.358 e. The Morgan fingerprint density at radius 2 is 1.96 bits per heavy atom. The van der Waals surface area contributed by atoms with Gasteiger partial charge in [0, 0.05) is 0 Å². The number of rotatable bonds is 5. The molecular formula is C15H14BrFN4O3S. The highest BCUT2D eigenvalue weighted by Crippen LogP contribution is 2.15. The highest BCUT2D eigenvalue weighted by atomic mass is 79.9. The van der Waals surface area contributed by atoms with E-state index in [4.69, 9.17) is 5.73 Å². The number of nitrogens with two attached hydrogens (primary N) is 1. The maximum absolute atomic E-state index is 13.3. The molecule has 0 spiro atoms. The first kappa shape index (κ1) is 18.9. The van der Waals surface area contributed by atoms with Crippen molar-refractivity contribution in [3.8, 4) is 0 Å². The van der Waals surface area contributed by atoms with Crippen LogP contribution in [0.1, 0.15) is 11.1 Å². The number of guanidine groups is 1. The molecule has 0 amide bonds. The number of aryl methyl sites for hydroxylation is 1. The molecule has 0 unspecified atom stereocenters. The van der Waals surface area contributed by atoms with Gasteiger partial charge in [-0.05, 0) is 57.8 Å². The molecule has 25 heavy (non-hydrogen) atoms. The SMILES string of the molecule is Cc1ccc(S(=O)(=O)ON=C(N)NN=Cc2ccc(Br)c(F)c2)cc1. The van der Waals surface area contributed by atoms with Gasteiger partial charge in [-0.25, -0.2) is 9.82 Å². The minimum absolute atomic E-state index is 0.0523. The van der Waals surface area contributed by atoms with Gasteiger partial charge in [0.1, 0.15) is 10.7 Å². The molecule has 0 fully saturated rings. The van der Waals surface area contributed by atoms with Crippen LogP contribution in [-0.4, -0.2) is 20.6 Å². The summed E-state index contributed by atoms with van der Waals surface area (Å²) in [5.41, 5.74) is 9.10. The molecule has 0 aliphatic heterocycles. The summed E-state index contributed by atoms with van der Waals surface area (Å²) in [5, 5.41) is 6.97. The first-order valence-electron chi connectivity index (χ1n) is 6.86. The van der Waals surface area contributed by atoms with Gasteiger partial charge < -0.3 is 5.73 Å². The molecular weight excluding hydrogens is 415 g/mol. The van der Waals surface area contributed by atoms with Gasteiger partial charge in [-0.15, -0.1) is 0 Å². The minimum atomic E-state index is -4.07. The molecule has 0 heterocycles. The van der Waals surface area contributed by atoms with E-state index in [1.165, 1.54) is 30.5 Å². The molecule has 0 radical (unpaired) electrons. The molecule has 0 saturated heterocycles. The van der Waals surface area contributed by atoms with Crippen LogP contribution in [0.15, 0.2) is 62.1 Å². The molecule has 2 rings (SSSR count). The van der Waals surface area contributed by atoms with E-state index in [2.05, 4.69) is 35.9 Å². The number of nitrogens with one attached hydrogen (secondary N) is 1. The van der Waals surface area contributed by atoms with Crippen LogP contribution in [-0.2, 0) is 14.4 Å². The van der Waals surface area contributed by atoms with Crippen LogP contribution in [0.5, 0.6) is 0 Å². The summed E-state index contributed by atoms with van der Waals surface area (Å²) in [6.45, 7) is 1.83. The first-order valence-corrected chi connectivity index (χ1v) is 9.06. The Morgan fingerprint density at radius 3 is 2.60 bits per heavy atom. The van der Waals surface area contributed by atoms with E-state index in [1.807, 2.05) is 6.92 Å². The monoisotopic (exact) mass is 428 g/mol. The number of nitrogens with zero attached hydrogens (tertiary/aromatic N) is 2. The molecule has 7 nitrogen and oxygen atoms in total. The van der Waals surface area contributed by atoms with Crippen LogP contribution in [0.4, 0.5) is 4.39 Å². The van der Waals surface area contributed by atoms with Crippen molar-refractivity contribution in [2.45, 2.75) is 11.8 Å². The topological polar surface area (TPSA) is 106 Å². The number of benzene rings is 2. The van der Waals surface area contributed by atoms with E-state index in [0.717, 1.165) is 5.56 Å². The Hall–Kier alpha value is -2.46. The molecule has 10 heteroatoms. The summed E-state index contributed by atoms with van der Waals surface area (Å²) in [4.78, 5) is -0.0523. The molecule has 3 N–H and O–H groups in total. The molecule has 0 aliphatic carbocycles. The Morgan fingerprint density at radius 1 is 1.28 bits per heavy atom. The minimum Gasteiger partial charge on any atom is -0.366 e. The number of oxime groups is 1. The van der Waals surface area contributed by atoms with Crippen LogP contribution < -0.4 is 11.2 Å². The van der Waals surface area contributed by atoms with Crippen molar-refractivity contribution < 1.29 is 17.1 Å². The maximum atomic E-state index is 13.3. The van der Waals surface area contributed by atoms with Crippen LogP contribution >= 0.6 is 15.9 Å². The van der Waals surface area contributed by atoms with Crippen LogP contribution in [0, 0.1) is 12.7 Å². The number of hydrogen-bond acceptors (Lipinski definition) is 5.